The molecule has 0 amide bonds. The summed E-state index contributed by atoms with van der Waals surface area (Å²) >= 11 is 0. The van der Waals surface area contributed by atoms with Crippen LogP contribution in [0.2, 0.25) is 0 Å². The predicted molar refractivity (Wildman–Crippen MR) is 94.5 cm³/mol. The Hall–Kier alpha value is -1.12. The summed E-state index contributed by atoms with van der Waals surface area (Å²) in [4.78, 5) is 0. The van der Waals surface area contributed by atoms with Gasteiger partial charge in [0.2, 0.25) is 0 Å². The van der Waals surface area contributed by atoms with Crippen molar-refractivity contribution >= 4 is 10.8 Å². The van der Waals surface area contributed by atoms with Gasteiger partial charge in [-0.1, -0.05) is 13.0 Å². The van der Waals surface area contributed by atoms with E-state index < -0.39 is 0 Å². The number of nitrogens with zero attached hydrogens (tertiary/aromatic N) is 1. The molecular weight excluding hydrogens is 385 g/mol. The molecule has 0 radical (unpaired) electrons. The Morgan fingerprint density at radius 2 is 1.76 bits per heavy atom. The number of aromatic nitrogens is 1. The van der Waals surface area contributed by atoms with E-state index in [1.165, 1.54) is 33.3 Å². The second kappa shape index (κ2) is 10.8. The maximum Gasteiger partial charge on any atom is 4.00 e. The number of hydrogen-bond acceptors (Lipinski definition) is 0. The Morgan fingerprint density at radius 3 is 2.24 bits per heavy atom. The number of fused-ring (bicyclic) bond motifs is 1. The van der Waals surface area contributed by atoms with E-state index in [0.29, 0.717) is 0 Å². The molecule has 1 aliphatic rings. The van der Waals surface area contributed by atoms with Crippen LogP contribution in [-0.2, 0) is 21.7 Å². The molecule has 4 rings (SSSR count). The predicted octanol–water partition coefficient (Wildman–Crippen LogP) is -0.332. The van der Waals surface area contributed by atoms with Gasteiger partial charge in [-0.25, -0.2) is 11.6 Å². The summed E-state index contributed by atoms with van der Waals surface area (Å²) in [7, 11) is 0. The molecule has 1 aliphatic carbocycles. The van der Waals surface area contributed by atoms with E-state index in [9.17, 15) is 0 Å². The van der Waals surface area contributed by atoms with Crippen molar-refractivity contribution in [2.75, 3.05) is 0 Å². The van der Waals surface area contributed by atoms with Crippen LogP contribution in [0.5, 0.6) is 0 Å². The number of hydrogen-bond donors (Lipinski definition) is 0. The van der Waals surface area contributed by atoms with Crippen molar-refractivity contribution in [1.29, 1.82) is 0 Å². The van der Waals surface area contributed by atoms with Gasteiger partial charge in [0.05, 0.1) is 0 Å². The summed E-state index contributed by atoms with van der Waals surface area (Å²) in [6.45, 7) is 6.33. The Labute approximate surface area is 177 Å². The molecular formula is C21H21Cl2NTi. The summed E-state index contributed by atoms with van der Waals surface area (Å²) in [6, 6.07) is 15.2. The van der Waals surface area contributed by atoms with Crippen LogP contribution in [0.4, 0.5) is 0 Å². The zero-order valence-corrected chi connectivity index (χ0v) is 17.8. The van der Waals surface area contributed by atoms with E-state index in [0.717, 1.165) is 6.42 Å². The standard InChI is InChI=1S/C15H14N.C6H7.2ClH.Ti/c1-11-7-12(2)16(10-11)15-8-13-5-3-4-6-14(13)9-15;1-6-4-2-3-5-6;;;/h3-10H,1-2H3;2,4H,3H2,1H3;2*1H;/q2*-1;;;+4/p-2. The molecule has 0 fully saturated rings. The minimum absolute atomic E-state index is 0. The Bertz CT molecular complexity index is 820. The minimum atomic E-state index is 0. The van der Waals surface area contributed by atoms with Crippen molar-refractivity contribution in [2.24, 2.45) is 0 Å². The molecule has 1 heterocycles. The molecule has 1 aromatic heterocycles. The van der Waals surface area contributed by atoms with Crippen molar-refractivity contribution in [3.8, 4) is 5.69 Å². The molecule has 25 heavy (non-hydrogen) atoms. The van der Waals surface area contributed by atoms with Crippen molar-refractivity contribution < 1.29 is 46.5 Å². The molecule has 0 atom stereocenters. The van der Waals surface area contributed by atoms with Gasteiger partial charge in [0.1, 0.15) is 0 Å². The molecule has 0 saturated carbocycles. The first-order chi connectivity index (χ1) is 10.6. The van der Waals surface area contributed by atoms with E-state index in [1.807, 2.05) is 0 Å². The van der Waals surface area contributed by atoms with Crippen LogP contribution in [0.1, 0.15) is 24.6 Å². The van der Waals surface area contributed by atoms with E-state index >= 15 is 0 Å². The maximum absolute atomic E-state index is 3.12. The third-order valence-corrected chi connectivity index (χ3v) is 3.90. The minimum Gasteiger partial charge on any atom is -1.00 e. The number of allylic oxidation sites excluding steroid dienone is 4. The Morgan fingerprint density at radius 1 is 1.04 bits per heavy atom. The van der Waals surface area contributed by atoms with E-state index in [2.05, 4.69) is 92.2 Å². The number of halogens is 2. The second-order valence-corrected chi connectivity index (χ2v) is 5.84. The largest absolute Gasteiger partial charge is 4.00 e. The molecule has 128 valence electrons. The van der Waals surface area contributed by atoms with Crippen LogP contribution in [0.3, 0.4) is 0 Å². The van der Waals surface area contributed by atoms with Crippen molar-refractivity contribution in [1.82, 2.24) is 4.57 Å². The summed E-state index contributed by atoms with van der Waals surface area (Å²) in [5.41, 5.74) is 5.12. The van der Waals surface area contributed by atoms with E-state index in [1.54, 1.807) is 0 Å². The molecule has 0 bridgehead atoms. The fourth-order valence-electron chi connectivity index (χ4n) is 2.81. The number of benzene rings is 1. The normalized spacial score (nSPS) is 11.6. The van der Waals surface area contributed by atoms with Gasteiger partial charge in [0.15, 0.2) is 0 Å². The average Bonchev–Trinajstić information content (AvgIpc) is 3.19. The topological polar surface area (TPSA) is 4.93 Å². The Kier molecular flexibility index (Phi) is 10.3. The van der Waals surface area contributed by atoms with Crippen LogP contribution in [0.15, 0.2) is 66.4 Å². The first-order valence-electron chi connectivity index (χ1n) is 7.69. The molecule has 1 nitrogen and oxygen atoms in total. The second-order valence-electron chi connectivity index (χ2n) is 5.84. The van der Waals surface area contributed by atoms with Crippen LogP contribution >= 0.6 is 0 Å². The van der Waals surface area contributed by atoms with Gasteiger partial charge in [0, 0.05) is 11.9 Å². The molecule has 4 heteroatoms. The van der Waals surface area contributed by atoms with Crippen molar-refractivity contribution in [3.05, 3.63) is 83.7 Å². The van der Waals surface area contributed by atoms with Gasteiger partial charge in [-0.3, -0.25) is 6.08 Å². The van der Waals surface area contributed by atoms with Crippen molar-refractivity contribution in [2.45, 2.75) is 27.2 Å². The molecule has 2 aromatic carbocycles. The fourth-order valence-corrected chi connectivity index (χ4v) is 2.81. The van der Waals surface area contributed by atoms with Gasteiger partial charge in [0.25, 0.3) is 0 Å². The van der Waals surface area contributed by atoms with Gasteiger partial charge >= 0.3 is 21.7 Å². The molecule has 0 spiro atoms. The van der Waals surface area contributed by atoms with Crippen molar-refractivity contribution in [3.63, 3.8) is 0 Å². The monoisotopic (exact) mass is 405 g/mol. The quantitative estimate of drug-likeness (QED) is 0.386. The van der Waals surface area contributed by atoms with Crippen LogP contribution in [0.25, 0.3) is 16.5 Å². The molecule has 0 unspecified atom stereocenters. The first-order valence-corrected chi connectivity index (χ1v) is 7.69. The number of rotatable bonds is 1. The zero-order chi connectivity index (χ0) is 15.5. The molecule has 0 N–H and O–H groups in total. The van der Waals surface area contributed by atoms with Crippen LogP contribution in [0, 0.1) is 19.9 Å². The SMILES string of the molecule is CC1=[C-]CC=C1.Cc1cc(C)n(-c2cc3ccccc3[cH-]2)c1.[Cl-].[Cl-].[Ti+4]. The van der Waals surface area contributed by atoms with E-state index in [4.69, 9.17) is 0 Å². The Balaban J connectivity index is 0.000000556. The van der Waals surface area contributed by atoms with Crippen LogP contribution < -0.4 is 24.8 Å². The van der Waals surface area contributed by atoms with Gasteiger partial charge in [-0.2, -0.15) is 6.08 Å². The summed E-state index contributed by atoms with van der Waals surface area (Å²) in [5.74, 6) is 0. The van der Waals surface area contributed by atoms with E-state index in [-0.39, 0.29) is 46.5 Å². The molecule has 0 saturated heterocycles. The third kappa shape index (κ3) is 5.97. The summed E-state index contributed by atoms with van der Waals surface area (Å²) < 4.78 is 2.25. The molecule has 3 aromatic rings. The summed E-state index contributed by atoms with van der Waals surface area (Å²) in [6.07, 6.45) is 10.5. The zero-order valence-electron chi connectivity index (χ0n) is 14.7. The smallest absolute Gasteiger partial charge is 1.00 e. The summed E-state index contributed by atoms with van der Waals surface area (Å²) in [5, 5.41) is 2.62. The number of aryl methyl sites for hydroxylation is 2. The van der Waals surface area contributed by atoms with Gasteiger partial charge in [-0.05, 0) is 31.2 Å². The van der Waals surface area contributed by atoms with Gasteiger partial charge < -0.3 is 29.4 Å². The maximum atomic E-state index is 3.12. The molecule has 0 aliphatic heterocycles. The van der Waals surface area contributed by atoms with Gasteiger partial charge in [-0.15, -0.1) is 47.5 Å². The third-order valence-electron chi connectivity index (χ3n) is 3.90. The average molecular weight is 406 g/mol. The first kappa shape index (κ1) is 23.9. The van der Waals surface area contributed by atoms with Crippen LogP contribution in [-0.4, -0.2) is 4.57 Å². The fraction of sp³-hybridized carbons (Fsp3) is 0.190.